The first-order chi connectivity index (χ1) is 6.69. The lowest BCUT2D eigenvalue weighted by molar-refractivity contribution is 0.112. The Morgan fingerprint density at radius 2 is 2.36 bits per heavy atom. The zero-order valence-corrected chi connectivity index (χ0v) is 8.34. The molecule has 1 heterocycles. The average Bonchev–Trinajstić information content (AvgIpc) is 2.27. The molecule has 0 amide bonds. The topological polar surface area (TPSA) is 53.4 Å². The minimum Gasteiger partial charge on any atom is -0.394 e. The van der Waals surface area contributed by atoms with Gasteiger partial charge in [0.15, 0.2) is 6.29 Å². The van der Waals surface area contributed by atoms with Crippen LogP contribution >= 0.6 is 0 Å². The maximum absolute atomic E-state index is 10.4. The van der Waals surface area contributed by atoms with Gasteiger partial charge in [0, 0.05) is 18.8 Å². The molecule has 1 N–H and O–H groups in total. The number of nitrogens with zero attached hydrogens (tertiary/aromatic N) is 2. The highest BCUT2D eigenvalue weighted by atomic mass is 16.3. The second kappa shape index (κ2) is 4.72. The number of anilines is 1. The van der Waals surface area contributed by atoms with Crippen LogP contribution in [0.3, 0.4) is 0 Å². The summed E-state index contributed by atoms with van der Waals surface area (Å²) in [6.45, 7) is 1.98. The molecule has 1 rings (SSSR count). The first-order valence-corrected chi connectivity index (χ1v) is 4.44. The third-order valence-electron chi connectivity index (χ3n) is 2.19. The van der Waals surface area contributed by atoms with Gasteiger partial charge in [-0.15, -0.1) is 0 Å². The van der Waals surface area contributed by atoms with E-state index in [2.05, 4.69) is 4.98 Å². The zero-order valence-electron chi connectivity index (χ0n) is 8.34. The second-order valence-electron chi connectivity index (χ2n) is 3.21. The highest BCUT2D eigenvalue weighted by Crippen LogP contribution is 2.11. The number of aliphatic hydroxyl groups is 1. The van der Waals surface area contributed by atoms with Crippen molar-refractivity contribution in [3.8, 4) is 0 Å². The maximum atomic E-state index is 10.4. The molecular weight excluding hydrogens is 180 g/mol. The smallest absolute Gasteiger partial charge is 0.151 e. The van der Waals surface area contributed by atoms with Gasteiger partial charge in [0.25, 0.3) is 0 Å². The number of likely N-dealkylation sites (N-methyl/N-ethyl adjacent to an activating group) is 1. The molecule has 4 heteroatoms. The number of aldehydes is 1. The molecule has 0 saturated heterocycles. The highest BCUT2D eigenvalue weighted by Gasteiger charge is 2.09. The fourth-order valence-electron chi connectivity index (χ4n) is 1.02. The van der Waals surface area contributed by atoms with Crippen LogP contribution in [-0.4, -0.2) is 36.1 Å². The van der Waals surface area contributed by atoms with E-state index in [1.807, 2.05) is 18.9 Å². The predicted octanol–water partition coefficient (Wildman–Crippen LogP) is 0.711. The van der Waals surface area contributed by atoms with E-state index in [1.54, 1.807) is 12.1 Å². The molecular formula is C10H14N2O2. The van der Waals surface area contributed by atoms with E-state index >= 15 is 0 Å². The molecule has 0 aromatic carbocycles. The molecule has 1 aromatic rings. The van der Waals surface area contributed by atoms with Crippen LogP contribution < -0.4 is 4.90 Å². The van der Waals surface area contributed by atoms with Crippen molar-refractivity contribution in [2.75, 3.05) is 18.6 Å². The van der Waals surface area contributed by atoms with Crippen LogP contribution in [0, 0.1) is 0 Å². The predicted molar refractivity (Wildman–Crippen MR) is 54.6 cm³/mol. The lowest BCUT2D eigenvalue weighted by Crippen LogP contribution is -2.32. The Hall–Kier alpha value is -1.42. The lowest BCUT2D eigenvalue weighted by atomic mass is 10.3. The highest BCUT2D eigenvalue weighted by molar-refractivity contribution is 5.74. The van der Waals surface area contributed by atoms with Crippen LogP contribution in [0.15, 0.2) is 18.3 Å². The number of carbonyl (C=O) groups excluding carboxylic acids is 1. The number of aromatic nitrogens is 1. The minimum atomic E-state index is 0.0181. The van der Waals surface area contributed by atoms with Gasteiger partial charge in [-0.05, 0) is 19.1 Å². The molecule has 0 aliphatic heterocycles. The van der Waals surface area contributed by atoms with Gasteiger partial charge in [0.1, 0.15) is 5.82 Å². The van der Waals surface area contributed by atoms with Crippen LogP contribution in [-0.2, 0) is 0 Å². The molecule has 0 aliphatic rings. The van der Waals surface area contributed by atoms with Gasteiger partial charge in [0.2, 0.25) is 0 Å². The third-order valence-corrected chi connectivity index (χ3v) is 2.19. The quantitative estimate of drug-likeness (QED) is 0.717. The van der Waals surface area contributed by atoms with E-state index in [-0.39, 0.29) is 12.6 Å². The summed E-state index contributed by atoms with van der Waals surface area (Å²) in [5, 5.41) is 8.94. The van der Waals surface area contributed by atoms with Crippen molar-refractivity contribution >= 4 is 12.1 Å². The van der Waals surface area contributed by atoms with Crippen molar-refractivity contribution in [3.05, 3.63) is 23.9 Å². The first kappa shape index (κ1) is 10.7. The molecule has 76 valence electrons. The second-order valence-corrected chi connectivity index (χ2v) is 3.21. The minimum absolute atomic E-state index is 0.0181. The van der Waals surface area contributed by atoms with Gasteiger partial charge in [-0.2, -0.15) is 0 Å². The van der Waals surface area contributed by atoms with Gasteiger partial charge in [-0.1, -0.05) is 0 Å². The molecule has 1 aromatic heterocycles. The van der Waals surface area contributed by atoms with Gasteiger partial charge < -0.3 is 10.0 Å². The number of rotatable bonds is 4. The Kier molecular flexibility index (Phi) is 3.59. The summed E-state index contributed by atoms with van der Waals surface area (Å²) in [5.41, 5.74) is 0.554. The number of aliphatic hydroxyl groups excluding tert-OH is 1. The van der Waals surface area contributed by atoms with E-state index in [9.17, 15) is 4.79 Å². The normalized spacial score (nSPS) is 12.2. The molecule has 1 unspecified atom stereocenters. The van der Waals surface area contributed by atoms with Crippen molar-refractivity contribution in [2.45, 2.75) is 13.0 Å². The maximum Gasteiger partial charge on any atom is 0.151 e. The molecule has 0 aliphatic carbocycles. The van der Waals surface area contributed by atoms with Crippen LogP contribution in [0.1, 0.15) is 17.3 Å². The Bertz CT molecular complexity index is 297. The number of hydrogen-bond donors (Lipinski definition) is 1. The first-order valence-electron chi connectivity index (χ1n) is 4.44. The van der Waals surface area contributed by atoms with Crippen molar-refractivity contribution in [1.29, 1.82) is 0 Å². The molecule has 14 heavy (non-hydrogen) atoms. The lowest BCUT2D eigenvalue weighted by Gasteiger charge is -2.23. The summed E-state index contributed by atoms with van der Waals surface area (Å²) < 4.78 is 0. The van der Waals surface area contributed by atoms with Crippen molar-refractivity contribution in [1.82, 2.24) is 4.98 Å². The van der Waals surface area contributed by atoms with E-state index in [0.717, 1.165) is 12.1 Å². The summed E-state index contributed by atoms with van der Waals surface area (Å²) in [5.74, 6) is 0.747. The van der Waals surface area contributed by atoms with Gasteiger partial charge in [-0.3, -0.25) is 4.79 Å². The van der Waals surface area contributed by atoms with Crippen LogP contribution in [0.25, 0.3) is 0 Å². The summed E-state index contributed by atoms with van der Waals surface area (Å²) in [6.07, 6.45) is 2.27. The van der Waals surface area contributed by atoms with E-state index in [0.29, 0.717) is 5.56 Å². The number of pyridine rings is 1. The summed E-state index contributed by atoms with van der Waals surface area (Å²) in [7, 11) is 1.85. The van der Waals surface area contributed by atoms with Gasteiger partial charge in [-0.25, -0.2) is 4.98 Å². The Balaban J connectivity index is 2.80. The Morgan fingerprint density at radius 1 is 1.64 bits per heavy atom. The fraction of sp³-hybridized carbons (Fsp3) is 0.400. The molecule has 0 bridgehead atoms. The largest absolute Gasteiger partial charge is 0.394 e. The molecule has 0 saturated carbocycles. The zero-order chi connectivity index (χ0) is 10.6. The number of carbonyl (C=O) groups is 1. The standard InChI is InChI=1S/C10H14N2O2/c1-8(6-13)12(2)10-4-3-9(7-14)5-11-10/h3-5,7-8,13H,6H2,1-2H3. The molecule has 1 atom stereocenters. The Morgan fingerprint density at radius 3 is 2.79 bits per heavy atom. The van der Waals surface area contributed by atoms with Gasteiger partial charge in [0.05, 0.1) is 12.6 Å². The van der Waals surface area contributed by atoms with E-state index in [1.165, 1.54) is 6.20 Å². The summed E-state index contributed by atoms with van der Waals surface area (Å²) in [6, 6.07) is 3.48. The number of hydrogen-bond acceptors (Lipinski definition) is 4. The van der Waals surface area contributed by atoms with E-state index < -0.39 is 0 Å². The molecule has 0 spiro atoms. The summed E-state index contributed by atoms with van der Waals surface area (Å²) in [4.78, 5) is 16.3. The van der Waals surface area contributed by atoms with Crippen LogP contribution in [0.5, 0.6) is 0 Å². The van der Waals surface area contributed by atoms with Crippen molar-refractivity contribution < 1.29 is 9.90 Å². The average molecular weight is 194 g/mol. The molecule has 0 fully saturated rings. The van der Waals surface area contributed by atoms with Crippen molar-refractivity contribution in [3.63, 3.8) is 0 Å². The summed E-state index contributed by atoms with van der Waals surface area (Å²) >= 11 is 0. The fourth-order valence-corrected chi connectivity index (χ4v) is 1.02. The van der Waals surface area contributed by atoms with Crippen molar-refractivity contribution in [2.24, 2.45) is 0 Å². The van der Waals surface area contributed by atoms with E-state index in [4.69, 9.17) is 5.11 Å². The Labute approximate surface area is 83.2 Å². The van der Waals surface area contributed by atoms with Crippen LogP contribution in [0.2, 0.25) is 0 Å². The third kappa shape index (κ3) is 2.29. The van der Waals surface area contributed by atoms with Crippen LogP contribution in [0.4, 0.5) is 5.82 Å². The monoisotopic (exact) mass is 194 g/mol. The molecule has 4 nitrogen and oxygen atoms in total. The molecule has 0 radical (unpaired) electrons. The SMILES string of the molecule is CC(CO)N(C)c1ccc(C=O)cn1. The van der Waals surface area contributed by atoms with Gasteiger partial charge >= 0.3 is 0 Å².